The predicted octanol–water partition coefficient (Wildman–Crippen LogP) is 2.82. The summed E-state index contributed by atoms with van der Waals surface area (Å²) in [5, 5.41) is 31.8. The van der Waals surface area contributed by atoms with E-state index in [9.17, 15) is 19.8 Å². The van der Waals surface area contributed by atoms with Gasteiger partial charge >= 0.3 is 0 Å². The lowest BCUT2D eigenvalue weighted by molar-refractivity contribution is -0.119. The van der Waals surface area contributed by atoms with Crippen LogP contribution >= 0.6 is 17.0 Å². The van der Waals surface area contributed by atoms with Crippen LogP contribution in [0.2, 0.25) is 0 Å². The molecular weight excluding hydrogens is 592 g/mol. The van der Waals surface area contributed by atoms with E-state index in [2.05, 4.69) is 5.32 Å². The van der Waals surface area contributed by atoms with E-state index in [0.29, 0.717) is 47.0 Å². The number of amidine groups is 1. The third-order valence-corrected chi connectivity index (χ3v) is 7.49. The number of aliphatic hydroxyl groups is 2. The van der Waals surface area contributed by atoms with Crippen molar-refractivity contribution in [2.45, 2.75) is 58.3 Å². The first-order chi connectivity index (χ1) is 18.9. The quantitative estimate of drug-likeness (QED) is 0.310. The van der Waals surface area contributed by atoms with E-state index >= 15 is 0 Å². The topological polar surface area (TPSA) is 135 Å². The van der Waals surface area contributed by atoms with Gasteiger partial charge in [0.15, 0.2) is 5.78 Å². The minimum absolute atomic E-state index is 0. The Labute approximate surface area is 251 Å². The molecule has 1 amide bonds. The Bertz CT molecular complexity index is 1320. The number of ketones is 1. The van der Waals surface area contributed by atoms with Crippen molar-refractivity contribution >= 4 is 40.2 Å². The number of ether oxygens (including phenoxy) is 2. The van der Waals surface area contributed by atoms with Crippen LogP contribution < -0.4 is 19.7 Å². The number of likely N-dealkylation sites (N-methyl/N-ethyl adjacent to an activating group) is 1. The van der Waals surface area contributed by atoms with Crippen molar-refractivity contribution in [1.29, 1.82) is 5.41 Å². The molecule has 0 aromatic heterocycles. The molecule has 4 rings (SSSR count). The number of halogens is 1. The van der Waals surface area contributed by atoms with Crippen molar-refractivity contribution in [2.24, 2.45) is 0 Å². The number of hydrogen-bond donors (Lipinski definition) is 4. The molecule has 2 atom stereocenters. The van der Waals surface area contributed by atoms with E-state index in [0.717, 1.165) is 11.1 Å². The molecule has 11 heteroatoms. The number of benzene rings is 2. The molecule has 2 aliphatic heterocycles. The Morgan fingerprint density at radius 1 is 1.12 bits per heavy atom. The number of carbonyl (C=O) groups is 2. The Hall–Kier alpha value is -3.15. The summed E-state index contributed by atoms with van der Waals surface area (Å²) in [6.45, 7) is 9.25. The zero-order chi connectivity index (χ0) is 29.4. The van der Waals surface area contributed by atoms with Crippen LogP contribution in [0.4, 0.5) is 5.69 Å². The number of nitrogens with zero attached hydrogens (tertiary/aromatic N) is 2. The molecule has 2 unspecified atom stereocenters. The number of methoxy groups -OCH3 is 1. The number of carbonyl (C=O) groups excluding carboxylic acids is 2. The maximum atomic E-state index is 13.7. The van der Waals surface area contributed by atoms with E-state index in [-0.39, 0.29) is 66.0 Å². The van der Waals surface area contributed by atoms with Crippen molar-refractivity contribution in [2.75, 3.05) is 45.3 Å². The first kappa shape index (κ1) is 32.4. The molecule has 10 nitrogen and oxygen atoms in total. The smallest absolute Gasteiger partial charge is 0.224 e. The van der Waals surface area contributed by atoms with E-state index in [4.69, 9.17) is 14.9 Å². The molecule has 41 heavy (non-hydrogen) atoms. The summed E-state index contributed by atoms with van der Waals surface area (Å²) in [5.41, 5.74) is 3.85. The van der Waals surface area contributed by atoms with Gasteiger partial charge in [-0.15, -0.1) is 17.0 Å². The number of amides is 1. The molecule has 4 N–H and O–H groups in total. The van der Waals surface area contributed by atoms with Gasteiger partial charge in [0.25, 0.3) is 0 Å². The monoisotopic (exact) mass is 632 g/mol. The summed E-state index contributed by atoms with van der Waals surface area (Å²) < 4.78 is 11.6. The highest BCUT2D eigenvalue weighted by Gasteiger charge is 2.34. The average molecular weight is 634 g/mol. The fourth-order valence-electron chi connectivity index (χ4n) is 5.31. The van der Waals surface area contributed by atoms with Crippen LogP contribution in [0.1, 0.15) is 60.3 Å². The number of anilines is 1. The molecule has 0 bridgehead atoms. The van der Waals surface area contributed by atoms with Crippen LogP contribution in [0, 0.1) is 5.41 Å². The average Bonchev–Trinajstić information content (AvgIpc) is 3.40. The molecule has 0 saturated carbocycles. The lowest BCUT2D eigenvalue weighted by Crippen LogP contribution is -2.31. The first-order valence-corrected chi connectivity index (χ1v) is 13.6. The van der Waals surface area contributed by atoms with Crippen molar-refractivity contribution in [3.63, 3.8) is 0 Å². The SMILES string of the molecule is Br.CCOc1cc2c(cc1CC(=O)NC)C(=N)N(CC(=O)c1cc(N3CC(O)C(O)C3)c(OC)c(C(C)(C)C)c1)C2. The van der Waals surface area contributed by atoms with Crippen LogP contribution in [-0.4, -0.2) is 85.2 Å². The molecule has 1 fully saturated rings. The lowest BCUT2D eigenvalue weighted by Gasteiger charge is -2.29. The Morgan fingerprint density at radius 3 is 2.34 bits per heavy atom. The number of rotatable bonds is 9. The zero-order valence-electron chi connectivity index (χ0n) is 24.5. The van der Waals surface area contributed by atoms with Gasteiger partial charge in [-0.3, -0.25) is 15.0 Å². The van der Waals surface area contributed by atoms with Crippen molar-refractivity contribution in [3.8, 4) is 11.5 Å². The highest BCUT2D eigenvalue weighted by atomic mass is 79.9. The second-order valence-corrected chi connectivity index (χ2v) is 11.4. The van der Waals surface area contributed by atoms with Gasteiger partial charge in [-0.05, 0) is 42.2 Å². The third-order valence-electron chi connectivity index (χ3n) is 7.49. The summed E-state index contributed by atoms with van der Waals surface area (Å²) in [6.07, 6.45) is -1.64. The summed E-state index contributed by atoms with van der Waals surface area (Å²) >= 11 is 0. The van der Waals surface area contributed by atoms with Crippen molar-refractivity contribution < 1.29 is 29.3 Å². The molecule has 0 radical (unpaired) electrons. The Morgan fingerprint density at radius 2 is 1.78 bits per heavy atom. The number of nitrogens with one attached hydrogen (secondary N) is 2. The van der Waals surface area contributed by atoms with Crippen LogP contribution in [-0.2, 0) is 23.2 Å². The third kappa shape index (κ3) is 6.68. The second-order valence-electron chi connectivity index (χ2n) is 11.4. The van der Waals surface area contributed by atoms with Gasteiger partial charge in [0.05, 0.1) is 44.6 Å². The molecule has 2 aromatic carbocycles. The maximum absolute atomic E-state index is 13.7. The van der Waals surface area contributed by atoms with Crippen LogP contribution in [0.25, 0.3) is 0 Å². The minimum atomic E-state index is -0.888. The summed E-state index contributed by atoms with van der Waals surface area (Å²) in [7, 11) is 3.16. The lowest BCUT2D eigenvalue weighted by atomic mass is 9.84. The second kappa shape index (κ2) is 12.8. The largest absolute Gasteiger partial charge is 0.494 e. The number of aliphatic hydroxyl groups excluding tert-OH is 2. The van der Waals surface area contributed by atoms with E-state index < -0.39 is 12.2 Å². The molecular formula is C30H41BrN4O6. The van der Waals surface area contributed by atoms with Crippen molar-refractivity contribution in [3.05, 3.63) is 52.1 Å². The van der Waals surface area contributed by atoms with Crippen LogP contribution in [0.5, 0.6) is 11.5 Å². The van der Waals surface area contributed by atoms with Gasteiger partial charge in [0.2, 0.25) is 5.91 Å². The summed E-state index contributed by atoms with van der Waals surface area (Å²) in [5.74, 6) is 1.12. The van der Waals surface area contributed by atoms with Gasteiger partial charge in [0, 0.05) is 48.9 Å². The Balaban J connectivity index is 0.00000462. The molecule has 2 heterocycles. The highest BCUT2D eigenvalue weighted by Crippen LogP contribution is 2.41. The minimum Gasteiger partial charge on any atom is -0.494 e. The van der Waals surface area contributed by atoms with Gasteiger partial charge in [0.1, 0.15) is 17.3 Å². The molecule has 0 spiro atoms. The van der Waals surface area contributed by atoms with Gasteiger partial charge in [-0.1, -0.05) is 20.8 Å². The summed E-state index contributed by atoms with van der Waals surface area (Å²) in [4.78, 5) is 29.4. The molecule has 1 saturated heterocycles. The van der Waals surface area contributed by atoms with Gasteiger partial charge in [-0.25, -0.2) is 0 Å². The maximum Gasteiger partial charge on any atom is 0.224 e. The number of hydrogen-bond acceptors (Lipinski definition) is 8. The highest BCUT2D eigenvalue weighted by molar-refractivity contribution is 8.93. The van der Waals surface area contributed by atoms with E-state index in [1.54, 1.807) is 25.1 Å². The van der Waals surface area contributed by atoms with Gasteiger partial charge in [-0.2, -0.15) is 0 Å². The number of fused-ring (bicyclic) bond motifs is 1. The molecule has 2 aromatic rings. The van der Waals surface area contributed by atoms with Crippen molar-refractivity contribution in [1.82, 2.24) is 10.2 Å². The Kier molecular flexibility index (Phi) is 10.1. The zero-order valence-corrected chi connectivity index (χ0v) is 26.2. The van der Waals surface area contributed by atoms with E-state index in [1.165, 1.54) is 0 Å². The number of β-amino-alcohol motifs (C(OH)–C–C–N with tert-alkyl or cyclic N) is 2. The van der Waals surface area contributed by atoms with Crippen LogP contribution in [0.3, 0.4) is 0 Å². The fraction of sp³-hybridized carbons (Fsp3) is 0.500. The molecule has 2 aliphatic rings. The fourth-order valence-corrected chi connectivity index (χ4v) is 5.31. The summed E-state index contributed by atoms with van der Waals surface area (Å²) in [6, 6.07) is 7.27. The van der Waals surface area contributed by atoms with E-state index in [1.807, 2.05) is 50.8 Å². The van der Waals surface area contributed by atoms with Gasteiger partial charge < -0.3 is 34.8 Å². The first-order valence-electron chi connectivity index (χ1n) is 13.6. The molecule has 0 aliphatic carbocycles. The van der Waals surface area contributed by atoms with Crippen LogP contribution in [0.15, 0.2) is 24.3 Å². The number of Topliss-reactive ketones (excluding diaryl/α,β-unsaturated/α-hetero) is 1. The standard InChI is InChI=1S/C30H40N4O6.BrH/c1-7-40-26-11-19-13-34(29(31)20(19)8-18(26)12-27(38)32-5)14-23(35)17-9-21(30(2,3)4)28(39-6)22(10-17)33-15-24(36)25(37)16-33;/h8-11,24-25,31,36-37H,7,12-16H2,1-6H3,(H,32,38);1H. The predicted molar refractivity (Wildman–Crippen MR) is 163 cm³/mol. The molecule has 224 valence electrons. The normalized spacial score (nSPS) is 18.2.